The number of carbonyl (C=O) groups excluding carboxylic acids is 2. The number of nitrogens with one attached hydrogen (secondary N) is 2. The van der Waals surface area contributed by atoms with Crippen LogP contribution in [0, 0.1) is 5.92 Å². The second-order valence-electron chi connectivity index (χ2n) is 6.44. The van der Waals surface area contributed by atoms with Crippen LogP contribution in [0.3, 0.4) is 0 Å². The largest absolute Gasteiger partial charge is 0.436 e. The van der Waals surface area contributed by atoms with Crippen molar-refractivity contribution in [1.29, 1.82) is 0 Å². The van der Waals surface area contributed by atoms with Gasteiger partial charge in [0.15, 0.2) is 11.4 Å². The first kappa shape index (κ1) is 21.7. The normalized spacial score (nSPS) is 11.8. The summed E-state index contributed by atoms with van der Waals surface area (Å²) in [7, 11) is 1.17. The molecule has 0 radical (unpaired) electrons. The van der Waals surface area contributed by atoms with Crippen LogP contribution in [0.2, 0.25) is 5.02 Å². The zero-order chi connectivity index (χ0) is 21.2. The van der Waals surface area contributed by atoms with E-state index in [4.69, 9.17) is 11.6 Å². The standard InChI is InChI=1S/C16H20ClF3N6O2/c1-5-26-7-9(11(23-26)14(27)21-6-8(2)3)22-15(28)12-10(17)13(16(18,19)20)24-25(12)4/h7-8H,5-6H2,1-4H3,(H,21,27)(H,22,28). The maximum Gasteiger partial charge on any atom is 0.436 e. The van der Waals surface area contributed by atoms with Gasteiger partial charge in [0.2, 0.25) is 0 Å². The summed E-state index contributed by atoms with van der Waals surface area (Å²) >= 11 is 5.73. The number of rotatable bonds is 6. The minimum Gasteiger partial charge on any atom is -0.350 e. The topological polar surface area (TPSA) is 93.8 Å². The molecule has 0 aliphatic rings. The van der Waals surface area contributed by atoms with E-state index in [-0.39, 0.29) is 17.3 Å². The van der Waals surface area contributed by atoms with Crippen LogP contribution in [0.15, 0.2) is 6.20 Å². The summed E-state index contributed by atoms with van der Waals surface area (Å²) in [6, 6.07) is 0. The van der Waals surface area contributed by atoms with Gasteiger partial charge in [0.25, 0.3) is 11.8 Å². The highest BCUT2D eigenvalue weighted by molar-refractivity contribution is 6.35. The molecule has 0 bridgehead atoms. The lowest BCUT2D eigenvalue weighted by Gasteiger charge is -2.08. The number of hydrogen-bond donors (Lipinski definition) is 2. The third kappa shape index (κ3) is 4.64. The Hall–Kier alpha value is -2.56. The van der Waals surface area contributed by atoms with Crippen molar-refractivity contribution in [3.05, 3.63) is 28.3 Å². The Morgan fingerprint density at radius 3 is 2.39 bits per heavy atom. The van der Waals surface area contributed by atoms with Gasteiger partial charge in [0, 0.05) is 26.3 Å². The lowest BCUT2D eigenvalue weighted by Crippen LogP contribution is -2.29. The highest BCUT2D eigenvalue weighted by atomic mass is 35.5. The summed E-state index contributed by atoms with van der Waals surface area (Å²) in [5.74, 6) is -1.25. The molecule has 0 aliphatic heterocycles. The SMILES string of the molecule is CCn1cc(NC(=O)c2c(Cl)c(C(F)(F)F)nn2C)c(C(=O)NCC(C)C)n1. The molecule has 0 aliphatic carbocycles. The molecule has 0 unspecified atom stereocenters. The molecule has 0 spiro atoms. The van der Waals surface area contributed by atoms with Gasteiger partial charge in [-0.1, -0.05) is 25.4 Å². The van der Waals surface area contributed by atoms with Crippen molar-refractivity contribution in [2.75, 3.05) is 11.9 Å². The van der Waals surface area contributed by atoms with Crippen LogP contribution in [0.25, 0.3) is 0 Å². The van der Waals surface area contributed by atoms with E-state index >= 15 is 0 Å². The Labute approximate surface area is 164 Å². The number of carbonyl (C=O) groups is 2. The van der Waals surface area contributed by atoms with Crippen molar-refractivity contribution in [1.82, 2.24) is 24.9 Å². The number of alkyl halides is 3. The smallest absolute Gasteiger partial charge is 0.350 e. The third-order valence-electron chi connectivity index (χ3n) is 3.69. The van der Waals surface area contributed by atoms with Crippen molar-refractivity contribution in [3.8, 4) is 0 Å². The Balaban J connectivity index is 2.33. The van der Waals surface area contributed by atoms with Crippen LogP contribution in [0.1, 0.15) is 47.4 Å². The van der Waals surface area contributed by atoms with E-state index in [9.17, 15) is 22.8 Å². The number of aromatic nitrogens is 4. The van der Waals surface area contributed by atoms with Gasteiger partial charge in [0.05, 0.1) is 5.69 Å². The first-order valence-electron chi connectivity index (χ1n) is 8.42. The Morgan fingerprint density at radius 2 is 1.89 bits per heavy atom. The summed E-state index contributed by atoms with van der Waals surface area (Å²) in [5.41, 5.74) is -1.84. The van der Waals surface area contributed by atoms with Crippen molar-refractivity contribution >= 4 is 29.1 Å². The quantitative estimate of drug-likeness (QED) is 0.751. The number of halogens is 4. The van der Waals surface area contributed by atoms with Crippen molar-refractivity contribution < 1.29 is 22.8 Å². The van der Waals surface area contributed by atoms with E-state index in [2.05, 4.69) is 20.8 Å². The van der Waals surface area contributed by atoms with Crippen LogP contribution in [-0.4, -0.2) is 37.9 Å². The molecular formula is C16H20ClF3N6O2. The van der Waals surface area contributed by atoms with Crippen LogP contribution in [0.5, 0.6) is 0 Å². The molecule has 2 rings (SSSR count). The summed E-state index contributed by atoms with van der Waals surface area (Å²) in [6.07, 6.45) is -3.39. The number of aryl methyl sites for hydroxylation is 2. The first-order valence-corrected chi connectivity index (χ1v) is 8.80. The fraction of sp³-hybridized carbons (Fsp3) is 0.500. The highest BCUT2D eigenvalue weighted by Gasteiger charge is 2.40. The van der Waals surface area contributed by atoms with Crippen LogP contribution >= 0.6 is 11.6 Å². The van der Waals surface area contributed by atoms with E-state index in [0.29, 0.717) is 13.1 Å². The molecule has 0 fully saturated rings. The summed E-state index contributed by atoms with van der Waals surface area (Å²) in [5, 5.41) is 11.6. The second kappa shape index (κ2) is 8.21. The van der Waals surface area contributed by atoms with Gasteiger partial charge in [-0.05, 0) is 12.8 Å². The van der Waals surface area contributed by atoms with Crippen LogP contribution < -0.4 is 10.6 Å². The number of amides is 2. The zero-order valence-electron chi connectivity index (χ0n) is 15.7. The minimum absolute atomic E-state index is 0.0508. The lowest BCUT2D eigenvalue weighted by atomic mass is 10.2. The van der Waals surface area contributed by atoms with E-state index in [1.54, 1.807) is 6.92 Å². The molecule has 8 nitrogen and oxygen atoms in total. The predicted octanol–water partition coefficient (Wildman–Crippen LogP) is 2.95. The monoisotopic (exact) mass is 420 g/mol. The van der Waals surface area contributed by atoms with E-state index in [1.807, 2.05) is 13.8 Å². The molecule has 0 atom stereocenters. The Morgan fingerprint density at radius 1 is 1.25 bits per heavy atom. The average Bonchev–Trinajstić information content (AvgIpc) is 3.12. The Kier molecular flexibility index (Phi) is 6.37. The molecule has 2 heterocycles. The van der Waals surface area contributed by atoms with E-state index in [0.717, 1.165) is 4.68 Å². The molecular weight excluding hydrogens is 401 g/mol. The summed E-state index contributed by atoms with van der Waals surface area (Å²) < 4.78 is 41.0. The van der Waals surface area contributed by atoms with Crippen molar-refractivity contribution in [2.24, 2.45) is 13.0 Å². The molecule has 12 heteroatoms. The predicted molar refractivity (Wildman–Crippen MR) is 96.2 cm³/mol. The van der Waals surface area contributed by atoms with Gasteiger partial charge in [-0.25, -0.2) is 0 Å². The Bertz CT molecular complexity index is 888. The minimum atomic E-state index is -4.80. The molecule has 0 saturated carbocycles. The average molecular weight is 421 g/mol. The molecule has 0 saturated heterocycles. The zero-order valence-corrected chi connectivity index (χ0v) is 16.4. The van der Waals surface area contributed by atoms with E-state index < -0.39 is 34.4 Å². The van der Waals surface area contributed by atoms with Gasteiger partial charge in [0.1, 0.15) is 10.7 Å². The maximum atomic E-state index is 12.9. The fourth-order valence-corrected chi connectivity index (χ4v) is 2.68. The highest BCUT2D eigenvalue weighted by Crippen LogP contribution is 2.35. The molecule has 0 aromatic carbocycles. The van der Waals surface area contributed by atoms with Crippen LogP contribution in [-0.2, 0) is 19.8 Å². The molecule has 2 N–H and O–H groups in total. The van der Waals surface area contributed by atoms with Crippen molar-refractivity contribution in [2.45, 2.75) is 33.5 Å². The lowest BCUT2D eigenvalue weighted by molar-refractivity contribution is -0.141. The van der Waals surface area contributed by atoms with Gasteiger partial charge in [-0.15, -0.1) is 0 Å². The second-order valence-corrected chi connectivity index (χ2v) is 6.82. The molecule has 28 heavy (non-hydrogen) atoms. The first-order chi connectivity index (χ1) is 13.0. The number of hydrogen-bond acceptors (Lipinski definition) is 4. The van der Waals surface area contributed by atoms with Gasteiger partial charge in [-0.3, -0.25) is 19.0 Å². The third-order valence-corrected chi connectivity index (χ3v) is 4.05. The van der Waals surface area contributed by atoms with Crippen LogP contribution in [0.4, 0.5) is 18.9 Å². The maximum absolute atomic E-state index is 12.9. The molecule has 2 aromatic rings. The van der Waals surface area contributed by atoms with Gasteiger partial charge in [-0.2, -0.15) is 23.4 Å². The van der Waals surface area contributed by atoms with Crippen molar-refractivity contribution in [3.63, 3.8) is 0 Å². The number of anilines is 1. The van der Waals surface area contributed by atoms with Gasteiger partial charge < -0.3 is 10.6 Å². The molecule has 2 amide bonds. The fourth-order valence-electron chi connectivity index (χ4n) is 2.33. The molecule has 154 valence electrons. The summed E-state index contributed by atoms with van der Waals surface area (Å²) in [4.78, 5) is 24.9. The number of nitrogens with zero attached hydrogens (tertiary/aromatic N) is 4. The molecule has 2 aromatic heterocycles. The van der Waals surface area contributed by atoms with E-state index in [1.165, 1.54) is 17.9 Å². The van der Waals surface area contributed by atoms with Gasteiger partial charge >= 0.3 is 6.18 Å². The summed E-state index contributed by atoms with van der Waals surface area (Å²) in [6.45, 7) is 6.42.